The quantitative estimate of drug-likeness (QED) is 0.0815. The summed E-state index contributed by atoms with van der Waals surface area (Å²) in [6.07, 6.45) is 0. The molecule has 0 saturated heterocycles. The zero-order valence-corrected chi connectivity index (χ0v) is 44.4. The maximum absolute atomic E-state index is 15.5. The lowest BCUT2D eigenvalue weighted by atomic mass is 9.64. The van der Waals surface area contributed by atoms with Crippen molar-refractivity contribution in [1.29, 1.82) is 0 Å². The lowest BCUT2D eigenvalue weighted by Crippen LogP contribution is -2.58. The van der Waals surface area contributed by atoms with Gasteiger partial charge in [0.15, 0.2) is 10.8 Å². The summed E-state index contributed by atoms with van der Waals surface area (Å²) in [7, 11) is 0. The standard InChI is InChI=1S/C66H56N8O8/c75-57-49-5-1-6-50(29-49)58(76)68-34-42-15-23-46(24-16-42)38-72-62(80)66-54-10-3-9-53(31-54)65(55-11-4-12-56(66)32-55,61(79)71-37-45-21-13-41(14-22-45)33-67-57)63(81)73-39-47-25-17-43(18-26-47)35-69-59(77)51-7-2-8-52(30-51)60(78)70-36-44-19-27-48(28-20-44)40-74-64(66)82/h1-32H,33-40H2,(H,67,75)(H,68,76)(H,69,77)(H,70,78)(H,71,79)(H,72,80)(H,73,81)(H,74,82). The Hall–Kier alpha value is -10.5. The van der Waals surface area contributed by atoms with E-state index in [1.54, 1.807) is 84.9 Å². The SMILES string of the molecule is O=C1NCc2ccc(cc2)CNC(=O)C23C(=O)NCc4ccc(cc4)CNC(=O)c4cccc(c4)C(=O)NCc4ccc(cc4)CNC(=O)C(C(=O)NCc4ccc(cc4)CNC(=O)c4cccc1c4)(c1cccc2c1)c1cccc3c1. The van der Waals surface area contributed by atoms with Gasteiger partial charge in [0.25, 0.3) is 23.6 Å². The number of hydrogen-bond acceptors (Lipinski definition) is 8. The summed E-state index contributed by atoms with van der Waals surface area (Å²) in [6, 6.07) is 54.9. The van der Waals surface area contributed by atoms with Crippen molar-refractivity contribution in [1.82, 2.24) is 42.5 Å². The Morgan fingerprint density at radius 1 is 0.220 bits per heavy atom. The first kappa shape index (κ1) is 53.5. The number of carbonyl (C=O) groups is 8. The first-order chi connectivity index (χ1) is 39.9. The van der Waals surface area contributed by atoms with Gasteiger partial charge in [-0.3, -0.25) is 38.4 Å². The van der Waals surface area contributed by atoms with E-state index in [1.807, 2.05) is 97.1 Å². The molecule has 16 heteroatoms. The summed E-state index contributed by atoms with van der Waals surface area (Å²) >= 11 is 0. The second-order valence-electron chi connectivity index (χ2n) is 20.6. The molecule has 0 unspecified atom stereocenters. The van der Waals surface area contributed by atoms with Gasteiger partial charge < -0.3 is 42.5 Å². The second-order valence-corrected chi connectivity index (χ2v) is 20.6. The van der Waals surface area contributed by atoms with Crippen LogP contribution in [0.1, 0.15) is 108 Å². The Balaban J connectivity index is 1.000. The van der Waals surface area contributed by atoms with Crippen LogP contribution in [0, 0.1) is 0 Å². The third-order valence-electron chi connectivity index (χ3n) is 15.3. The highest BCUT2D eigenvalue weighted by Gasteiger charge is 2.55. The lowest BCUT2D eigenvalue weighted by molar-refractivity contribution is -0.137. The minimum atomic E-state index is -2.10. The van der Waals surface area contributed by atoms with Gasteiger partial charge in [0.2, 0.25) is 23.6 Å². The van der Waals surface area contributed by atoms with Crippen molar-refractivity contribution in [3.63, 3.8) is 0 Å². The van der Waals surface area contributed by atoms with E-state index in [1.165, 1.54) is 12.1 Å². The topological polar surface area (TPSA) is 233 Å². The van der Waals surface area contributed by atoms with Crippen molar-refractivity contribution in [3.05, 3.63) is 283 Å². The van der Waals surface area contributed by atoms with Gasteiger partial charge in [-0.25, -0.2) is 0 Å². The summed E-state index contributed by atoms with van der Waals surface area (Å²) in [4.78, 5) is 116. The van der Waals surface area contributed by atoms with Crippen LogP contribution in [0.15, 0.2) is 194 Å². The van der Waals surface area contributed by atoms with Gasteiger partial charge in [0.05, 0.1) is 0 Å². The molecule has 8 aromatic rings. The first-order valence-corrected chi connectivity index (χ1v) is 26.9. The number of nitrogens with one attached hydrogen (secondary N) is 8. The molecule has 18 bridgehead atoms. The normalized spacial score (nSPS) is 18.9. The second kappa shape index (κ2) is 23.1. The summed E-state index contributed by atoms with van der Waals surface area (Å²) in [5, 5.41) is 23.9. The highest BCUT2D eigenvalue weighted by molar-refractivity contribution is 6.17. The zero-order valence-electron chi connectivity index (χ0n) is 44.4. The molecule has 0 radical (unpaired) electrons. The van der Waals surface area contributed by atoms with E-state index >= 15 is 19.2 Å². The summed E-state index contributed by atoms with van der Waals surface area (Å²) in [6.45, 7) is 0.660. The predicted octanol–water partition coefficient (Wildman–Crippen LogP) is 6.18. The van der Waals surface area contributed by atoms with Crippen molar-refractivity contribution in [3.8, 4) is 0 Å². The molecule has 8 aromatic carbocycles. The summed E-state index contributed by atoms with van der Waals surface area (Å²) in [5.74, 6) is -4.19. The Bertz CT molecular complexity index is 3340. The Morgan fingerprint density at radius 2 is 0.402 bits per heavy atom. The van der Waals surface area contributed by atoms with E-state index in [2.05, 4.69) is 42.5 Å². The van der Waals surface area contributed by atoms with Crippen molar-refractivity contribution < 1.29 is 38.4 Å². The van der Waals surface area contributed by atoms with Crippen molar-refractivity contribution in [2.24, 2.45) is 0 Å². The smallest absolute Gasteiger partial charge is 0.251 e. The van der Waals surface area contributed by atoms with Crippen molar-refractivity contribution in [2.45, 2.75) is 63.2 Å². The molecular formula is C66H56N8O8. The van der Waals surface area contributed by atoms with E-state index in [0.29, 0.717) is 44.5 Å². The van der Waals surface area contributed by atoms with E-state index in [-0.39, 0.29) is 98.2 Å². The van der Waals surface area contributed by atoms with Crippen LogP contribution in [0.5, 0.6) is 0 Å². The van der Waals surface area contributed by atoms with E-state index in [4.69, 9.17) is 0 Å². The highest BCUT2D eigenvalue weighted by atomic mass is 16.2. The number of benzene rings is 8. The largest absolute Gasteiger partial charge is 0.350 e. The summed E-state index contributed by atoms with van der Waals surface area (Å²) < 4.78 is 0. The first-order valence-electron chi connectivity index (χ1n) is 26.9. The van der Waals surface area contributed by atoms with Gasteiger partial charge in [0, 0.05) is 74.6 Å². The van der Waals surface area contributed by atoms with Crippen LogP contribution < -0.4 is 42.5 Å². The van der Waals surface area contributed by atoms with Gasteiger partial charge >= 0.3 is 0 Å². The predicted molar refractivity (Wildman–Crippen MR) is 305 cm³/mol. The lowest BCUT2D eigenvalue weighted by Gasteiger charge is -2.39. The molecule has 0 spiro atoms. The molecule has 10 aliphatic heterocycles. The van der Waals surface area contributed by atoms with Crippen LogP contribution in [0.25, 0.3) is 0 Å². The van der Waals surface area contributed by atoms with Gasteiger partial charge in [-0.05, 0) is 103 Å². The number of carbonyl (C=O) groups excluding carboxylic acids is 8. The molecule has 8 N–H and O–H groups in total. The molecule has 408 valence electrons. The Morgan fingerprint density at radius 3 is 0.610 bits per heavy atom. The molecule has 16 nitrogen and oxygen atoms in total. The molecule has 0 saturated carbocycles. The molecule has 0 fully saturated rings. The molecular weight excluding hydrogens is 1030 g/mol. The van der Waals surface area contributed by atoms with E-state index < -0.39 is 34.5 Å². The third kappa shape index (κ3) is 10.8. The molecule has 11 aliphatic rings. The Kier molecular flexibility index (Phi) is 15.1. The van der Waals surface area contributed by atoms with E-state index in [9.17, 15) is 19.2 Å². The fourth-order valence-electron chi connectivity index (χ4n) is 10.7. The van der Waals surface area contributed by atoms with Crippen LogP contribution in [-0.2, 0) is 82.4 Å². The van der Waals surface area contributed by atoms with Crippen LogP contribution in [0.4, 0.5) is 0 Å². The fraction of sp³-hybridized carbons (Fsp3) is 0.152. The van der Waals surface area contributed by atoms with Crippen LogP contribution in [0.3, 0.4) is 0 Å². The number of hydrogen-bond donors (Lipinski definition) is 8. The van der Waals surface area contributed by atoms with Gasteiger partial charge in [-0.2, -0.15) is 0 Å². The molecule has 1 aliphatic carbocycles. The monoisotopic (exact) mass is 1090 g/mol. The highest BCUT2D eigenvalue weighted by Crippen LogP contribution is 2.43. The minimum Gasteiger partial charge on any atom is -0.350 e. The van der Waals surface area contributed by atoms with Crippen LogP contribution in [-0.4, -0.2) is 47.3 Å². The van der Waals surface area contributed by atoms with Gasteiger partial charge in [-0.15, -0.1) is 0 Å². The summed E-state index contributed by atoms with van der Waals surface area (Å²) in [5.41, 5.74) is 3.66. The maximum atomic E-state index is 15.5. The van der Waals surface area contributed by atoms with Crippen LogP contribution in [0.2, 0.25) is 0 Å². The number of amides is 8. The molecule has 19 rings (SSSR count). The average Bonchev–Trinajstić information content (AvgIpc) is 3.52. The van der Waals surface area contributed by atoms with E-state index in [0.717, 1.165) is 22.3 Å². The zero-order chi connectivity index (χ0) is 56.8. The molecule has 10 heterocycles. The molecule has 82 heavy (non-hydrogen) atoms. The van der Waals surface area contributed by atoms with Gasteiger partial charge in [-0.1, -0.05) is 158 Å². The Labute approximate surface area is 472 Å². The van der Waals surface area contributed by atoms with Crippen LogP contribution >= 0.6 is 0 Å². The van der Waals surface area contributed by atoms with Gasteiger partial charge in [0.1, 0.15) is 0 Å². The molecule has 0 atom stereocenters. The average molecular weight is 1090 g/mol. The minimum absolute atomic E-state index is 0.0104. The number of rotatable bonds is 0. The third-order valence-corrected chi connectivity index (χ3v) is 15.3. The maximum Gasteiger partial charge on any atom is 0.251 e. The van der Waals surface area contributed by atoms with Crippen molar-refractivity contribution >= 4 is 47.3 Å². The fourth-order valence-corrected chi connectivity index (χ4v) is 10.7. The molecule has 8 amide bonds. The molecule has 0 aromatic heterocycles. The van der Waals surface area contributed by atoms with Crippen molar-refractivity contribution in [2.75, 3.05) is 0 Å².